The molecule has 0 unspecified atom stereocenters. The summed E-state index contributed by atoms with van der Waals surface area (Å²) in [7, 11) is 2.72. The Bertz CT molecular complexity index is 722. The van der Waals surface area contributed by atoms with Gasteiger partial charge in [0.2, 0.25) is 5.90 Å². The summed E-state index contributed by atoms with van der Waals surface area (Å²) in [6.07, 6.45) is 0. The molecule has 0 saturated carbocycles. The summed E-state index contributed by atoms with van der Waals surface area (Å²) >= 11 is 0.965. The van der Waals surface area contributed by atoms with E-state index >= 15 is 0 Å². The Labute approximate surface area is 123 Å². The standard InChI is InChI=1S/C12H12N4O4S/c1-18-10(13)9(15-19-2)7-5-3-4-6-8(7)20-12-14-11(17)16-21-12/h3-6,13H,1-2H3,(H,16,17)/b13-10?,15-9+. The van der Waals surface area contributed by atoms with Crippen LogP contribution in [-0.4, -0.2) is 35.2 Å². The van der Waals surface area contributed by atoms with Crippen LogP contribution in [0.2, 0.25) is 0 Å². The molecule has 1 aromatic heterocycles. The zero-order valence-corrected chi connectivity index (χ0v) is 12.1. The van der Waals surface area contributed by atoms with Crippen LogP contribution in [0.3, 0.4) is 0 Å². The van der Waals surface area contributed by atoms with Gasteiger partial charge in [-0.15, -0.1) is 4.98 Å². The van der Waals surface area contributed by atoms with Crippen molar-refractivity contribution >= 4 is 23.1 Å². The van der Waals surface area contributed by atoms with Gasteiger partial charge >= 0.3 is 5.69 Å². The van der Waals surface area contributed by atoms with Crippen LogP contribution in [0.15, 0.2) is 34.2 Å². The molecule has 0 bridgehead atoms. The van der Waals surface area contributed by atoms with Crippen LogP contribution in [-0.2, 0) is 9.57 Å². The van der Waals surface area contributed by atoms with Crippen molar-refractivity contribution in [1.82, 2.24) is 9.36 Å². The van der Waals surface area contributed by atoms with Gasteiger partial charge in [0, 0.05) is 11.5 Å². The number of hydrogen-bond donors (Lipinski definition) is 2. The SMILES string of the molecule is CO/N=C(/C(=N)OC)c1ccccc1Oc1nc(=O)[nH]s1. The number of benzene rings is 1. The van der Waals surface area contributed by atoms with Gasteiger partial charge in [0.15, 0.2) is 5.71 Å². The van der Waals surface area contributed by atoms with Crippen molar-refractivity contribution in [2.45, 2.75) is 0 Å². The molecule has 0 saturated heterocycles. The third-order valence-corrected chi connectivity index (χ3v) is 2.99. The number of oxime groups is 1. The van der Waals surface area contributed by atoms with Gasteiger partial charge in [0.05, 0.1) is 12.7 Å². The van der Waals surface area contributed by atoms with Gasteiger partial charge in [0.25, 0.3) is 5.19 Å². The first kappa shape index (κ1) is 14.7. The molecule has 2 N–H and O–H groups in total. The van der Waals surface area contributed by atoms with Gasteiger partial charge in [-0.25, -0.2) is 4.79 Å². The minimum atomic E-state index is -0.483. The Morgan fingerprint density at radius 2 is 2.14 bits per heavy atom. The molecule has 1 aromatic carbocycles. The summed E-state index contributed by atoms with van der Waals surface area (Å²) in [6.45, 7) is 0. The molecule has 1 heterocycles. The van der Waals surface area contributed by atoms with E-state index in [9.17, 15) is 4.79 Å². The number of nitrogens with zero attached hydrogens (tertiary/aromatic N) is 2. The topological polar surface area (TPSA) is 110 Å². The van der Waals surface area contributed by atoms with Crippen molar-refractivity contribution in [1.29, 1.82) is 5.41 Å². The lowest BCUT2D eigenvalue weighted by atomic mass is 10.1. The molecule has 21 heavy (non-hydrogen) atoms. The molecule has 110 valence electrons. The second-order valence-electron chi connectivity index (χ2n) is 3.64. The number of ether oxygens (including phenoxy) is 2. The predicted molar refractivity (Wildman–Crippen MR) is 77.5 cm³/mol. The number of aromatic nitrogens is 2. The molecule has 8 nitrogen and oxygen atoms in total. The Balaban J connectivity index is 2.42. The third-order valence-electron chi connectivity index (χ3n) is 2.36. The largest absolute Gasteiger partial charge is 0.480 e. The molecule has 0 amide bonds. The molecule has 0 atom stereocenters. The maximum absolute atomic E-state index is 11.0. The highest BCUT2D eigenvalue weighted by Gasteiger charge is 2.18. The summed E-state index contributed by atoms with van der Waals surface area (Å²) in [5.74, 6) is 0.195. The fourth-order valence-corrected chi connectivity index (χ4v) is 1.99. The average Bonchev–Trinajstić information content (AvgIpc) is 2.90. The normalized spacial score (nSPS) is 11.0. The van der Waals surface area contributed by atoms with Crippen LogP contribution >= 0.6 is 11.5 Å². The zero-order chi connectivity index (χ0) is 15.2. The van der Waals surface area contributed by atoms with Gasteiger partial charge in [-0.2, -0.15) is 0 Å². The minimum absolute atomic E-state index is 0.160. The number of hydrogen-bond acceptors (Lipinski definition) is 8. The van der Waals surface area contributed by atoms with Crippen LogP contribution < -0.4 is 10.4 Å². The van der Waals surface area contributed by atoms with E-state index in [1.807, 2.05) is 0 Å². The minimum Gasteiger partial charge on any atom is -0.480 e. The lowest BCUT2D eigenvalue weighted by molar-refractivity contribution is 0.213. The van der Waals surface area contributed by atoms with E-state index in [0.717, 1.165) is 11.5 Å². The molecular weight excluding hydrogens is 296 g/mol. The van der Waals surface area contributed by atoms with Crippen LogP contribution in [0.4, 0.5) is 0 Å². The number of methoxy groups -OCH3 is 1. The van der Waals surface area contributed by atoms with Crippen LogP contribution in [0.1, 0.15) is 5.56 Å². The summed E-state index contributed by atoms with van der Waals surface area (Å²) in [5.41, 5.74) is 0.162. The van der Waals surface area contributed by atoms with Crippen molar-refractivity contribution in [2.24, 2.45) is 5.16 Å². The first-order valence-electron chi connectivity index (χ1n) is 5.72. The summed E-state index contributed by atoms with van der Waals surface area (Å²) in [4.78, 5) is 19.4. The monoisotopic (exact) mass is 308 g/mol. The van der Waals surface area contributed by atoms with Gasteiger partial charge in [-0.05, 0) is 12.1 Å². The smallest absolute Gasteiger partial charge is 0.358 e. The second kappa shape index (κ2) is 6.66. The maximum Gasteiger partial charge on any atom is 0.358 e. The van der Waals surface area contributed by atoms with E-state index in [-0.39, 0.29) is 16.8 Å². The number of aromatic amines is 1. The Kier molecular flexibility index (Phi) is 4.67. The fourth-order valence-electron chi connectivity index (χ4n) is 1.51. The van der Waals surface area contributed by atoms with Crippen molar-refractivity contribution in [2.75, 3.05) is 14.2 Å². The maximum atomic E-state index is 11.0. The van der Waals surface area contributed by atoms with Crippen LogP contribution in [0.5, 0.6) is 10.9 Å². The lowest BCUT2D eigenvalue weighted by Gasteiger charge is -2.10. The highest BCUT2D eigenvalue weighted by Crippen LogP contribution is 2.26. The Morgan fingerprint density at radius 3 is 2.76 bits per heavy atom. The quantitative estimate of drug-likeness (QED) is 0.495. The van der Waals surface area contributed by atoms with E-state index in [4.69, 9.17) is 19.7 Å². The number of nitrogens with one attached hydrogen (secondary N) is 2. The molecule has 0 fully saturated rings. The second-order valence-corrected chi connectivity index (χ2v) is 4.40. The van der Waals surface area contributed by atoms with E-state index < -0.39 is 5.69 Å². The van der Waals surface area contributed by atoms with E-state index in [1.165, 1.54) is 14.2 Å². The molecule has 2 rings (SSSR count). The predicted octanol–water partition coefficient (Wildman–Crippen LogP) is 1.60. The van der Waals surface area contributed by atoms with Crippen molar-refractivity contribution in [3.05, 3.63) is 40.3 Å². The Morgan fingerprint density at radius 1 is 1.38 bits per heavy atom. The lowest BCUT2D eigenvalue weighted by Crippen LogP contribution is -2.17. The van der Waals surface area contributed by atoms with Gasteiger partial charge in [-0.1, -0.05) is 17.3 Å². The zero-order valence-electron chi connectivity index (χ0n) is 11.2. The third kappa shape index (κ3) is 3.45. The van der Waals surface area contributed by atoms with Crippen molar-refractivity contribution in [3.63, 3.8) is 0 Å². The highest BCUT2D eigenvalue weighted by atomic mass is 32.1. The van der Waals surface area contributed by atoms with Gasteiger partial charge in [0.1, 0.15) is 12.9 Å². The van der Waals surface area contributed by atoms with Gasteiger partial charge < -0.3 is 14.3 Å². The van der Waals surface area contributed by atoms with Crippen LogP contribution in [0.25, 0.3) is 0 Å². The number of para-hydroxylation sites is 1. The van der Waals surface area contributed by atoms with Crippen molar-refractivity contribution in [3.8, 4) is 10.9 Å². The highest BCUT2D eigenvalue weighted by molar-refractivity contribution is 7.07. The first-order chi connectivity index (χ1) is 10.2. The number of H-pyrrole nitrogens is 1. The summed E-state index contributed by atoms with van der Waals surface area (Å²) < 4.78 is 12.8. The molecule has 9 heteroatoms. The molecule has 0 aliphatic carbocycles. The Hall–Kier alpha value is -2.68. The fraction of sp³-hybridized carbons (Fsp3) is 0.167. The average molecular weight is 308 g/mol. The van der Waals surface area contributed by atoms with E-state index in [2.05, 4.69) is 14.5 Å². The molecule has 0 radical (unpaired) electrons. The summed E-state index contributed by atoms with van der Waals surface area (Å²) in [5, 5.41) is 11.7. The first-order valence-corrected chi connectivity index (χ1v) is 6.54. The number of rotatable bonds is 5. The van der Waals surface area contributed by atoms with E-state index in [1.54, 1.807) is 24.3 Å². The molecule has 2 aromatic rings. The van der Waals surface area contributed by atoms with Gasteiger partial charge in [-0.3, -0.25) is 9.78 Å². The van der Waals surface area contributed by atoms with Crippen LogP contribution in [0, 0.1) is 5.41 Å². The molecule has 0 spiro atoms. The molecule has 0 aliphatic heterocycles. The molecule has 0 aliphatic rings. The van der Waals surface area contributed by atoms with E-state index in [0.29, 0.717) is 11.3 Å². The van der Waals surface area contributed by atoms with Crippen molar-refractivity contribution < 1.29 is 14.3 Å². The summed E-state index contributed by atoms with van der Waals surface area (Å²) in [6, 6.07) is 6.85. The molecular formula is C12H12N4O4S.